The van der Waals surface area contributed by atoms with Crippen molar-refractivity contribution in [2.75, 3.05) is 20.3 Å². The van der Waals surface area contributed by atoms with E-state index in [4.69, 9.17) is 9.26 Å². The van der Waals surface area contributed by atoms with E-state index in [-0.39, 0.29) is 12.7 Å². The van der Waals surface area contributed by atoms with Crippen LogP contribution in [0.2, 0.25) is 0 Å². The molecular weight excluding hydrogens is 258 g/mol. The van der Waals surface area contributed by atoms with Crippen molar-refractivity contribution in [3.8, 4) is 0 Å². The number of ether oxygens (including phenoxy) is 1. The lowest BCUT2D eigenvalue weighted by Crippen LogP contribution is -2.38. The maximum atomic E-state index is 9.25. The van der Waals surface area contributed by atoms with Crippen LogP contribution in [0.25, 0.3) is 0 Å². The number of hydrogen-bond acceptors (Lipinski definition) is 6. The number of aliphatic hydroxyl groups excluding tert-OH is 1. The van der Waals surface area contributed by atoms with E-state index < -0.39 is 0 Å². The molecule has 1 aromatic rings. The molecule has 6 nitrogen and oxygen atoms in total. The van der Waals surface area contributed by atoms with Crippen molar-refractivity contribution in [3.63, 3.8) is 0 Å². The Balaban J connectivity index is 1.97. The van der Waals surface area contributed by atoms with Gasteiger partial charge < -0.3 is 14.4 Å². The molecule has 0 aliphatic heterocycles. The maximum Gasteiger partial charge on any atom is 0.240 e. The van der Waals surface area contributed by atoms with E-state index in [9.17, 15) is 5.11 Å². The zero-order chi connectivity index (χ0) is 14.4. The van der Waals surface area contributed by atoms with Crippen LogP contribution in [0.15, 0.2) is 4.52 Å². The third kappa shape index (κ3) is 4.01. The van der Waals surface area contributed by atoms with Crippen molar-refractivity contribution in [2.24, 2.45) is 0 Å². The summed E-state index contributed by atoms with van der Waals surface area (Å²) >= 11 is 0. The lowest BCUT2D eigenvalue weighted by molar-refractivity contribution is 0.104. The normalized spacial score (nSPS) is 18.6. The Kier molecular flexibility index (Phi) is 5.94. The Morgan fingerprint density at radius 3 is 2.80 bits per heavy atom. The summed E-state index contributed by atoms with van der Waals surface area (Å²) in [5.41, 5.74) is 0. The van der Waals surface area contributed by atoms with Crippen LogP contribution in [0.3, 0.4) is 0 Å². The smallest absolute Gasteiger partial charge is 0.240 e. The summed E-state index contributed by atoms with van der Waals surface area (Å²) in [5, 5.41) is 13.2. The monoisotopic (exact) mass is 283 g/mol. The van der Waals surface area contributed by atoms with Crippen LogP contribution in [-0.4, -0.2) is 46.5 Å². The largest absolute Gasteiger partial charge is 0.395 e. The van der Waals surface area contributed by atoms with E-state index in [1.165, 1.54) is 32.1 Å². The van der Waals surface area contributed by atoms with E-state index >= 15 is 0 Å². The first kappa shape index (κ1) is 15.4. The first-order chi connectivity index (χ1) is 9.74. The second-order valence-corrected chi connectivity index (χ2v) is 5.41. The van der Waals surface area contributed by atoms with E-state index in [1.54, 1.807) is 7.11 Å². The van der Waals surface area contributed by atoms with Gasteiger partial charge in [0.1, 0.15) is 6.10 Å². The van der Waals surface area contributed by atoms with Crippen LogP contribution in [0.5, 0.6) is 0 Å². The van der Waals surface area contributed by atoms with Crippen LogP contribution < -0.4 is 0 Å². The number of rotatable bonds is 7. The Hall–Kier alpha value is -0.980. The SMILES string of the molecule is COC(C)c1noc(CN(CCO)C2CCCCC2)n1. The summed E-state index contributed by atoms with van der Waals surface area (Å²) < 4.78 is 10.5. The van der Waals surface area contributed by atoms with E-state index in [0.717, 1.165) is 0 Å². The van der Waals surface area contributed by atoms with Crippen molar-refractivity contribution >= 4 is 0 Å². The highest BCUT2D eigenvalue weighted by Crippen LogP contribution is 2.24. The highest BCUT2D eigenvalue weighted by Gasteiger charge is 2.23. The molecule has 6 heteroatoms. The maximum absolute atomic E-state index is 9.25. The summed E-state index contributed by atoms with van der Waals surface area (Å²) in [5.74, 6) is 1.18. The molecule has 0 spiro atoms. The lowest BCUT2D eigenvalue weighted by atomic mass is 9.94. The summed E-state index contributed by atoms with van der Waals surface area (Å²) in [6, 6.07) is 0.520. The number of methoxy groups -OCH3 is 1. The fourth-order valence-corrected chi connectivity index (χ4v) is 2.74. The molecular formula is C14H25N3O3. The van der Waals surface area contributed by atoms with Gasteiger partial charge in [-0.25, -0.2) is 0 Å². The fourth-order valence-electron chi connectivity index (χ4n) is 2.74. The molecule has 0 bridgehead atoms. The minimum atomic E-state index is -0.159. The zero-order valence-electron chi connectivity index (χ0n) is 12.4. The highest BCUT2D eigenvalue weighted by atomic mass is 16.5. The van der Waals surface area contributed by atoms with Gasteiger partial charge in [-0.15, -0.1) is 0 Å². The molecule has 0 saturated heterocycles. The minimum Gasteiger partial charge on any atom is -0.395 e. The molecule has 1 atom stereocenters. The molecule has 0 radical (unpaired) electrons. The van der Waals surface area contributed by atoms with E-state index in [1.807, 2.05) is 6.92 Å². The molecule has 0 aromatic carbocycles. The number of aliphatic hydroxyl groups is 1. The second-order valence-electron chi connectivity index (χ2n) is 5.41. The molecule has 1 aromatic heterocycles. The topological polar surface area (TPSA) is 71.6 Å². The predicted molar refractivity (Wildman–Crippen MR) is 74.1 cm³/mol. The second kappa shape index (κ2) is 7.71. The molecule has 114 valence electrons. The summed E-state index contributed by atoms with van der Waals surface area (Å²) in [6.07, 6.45) is 6.07. The van der Waals surface area contributed by atoms with Crippen LogP contribution in [-0.2, 0) is 11.3 Å². The molecule has 1 N–H and O–H groups in total. The quantitative estimate of drug-likeness (QED) is 0.824. The number of aromatic nitrogens is 2. The van der Waals surface area contributed by atoms with Gasteiger partial charge in [-0.05, 0) is 19.8 Å². The van der Waals surface area contributed by atoms with Crippen molar-refractivity contribution in [3.05, 3.63) is 11.7 Å². The molecule has 1 heterocycles. The van der Waals surface area contributed by atoms with Crippen LogP contribution in [0.4, 0.5) is 0 Å². The molecule has 0 amide bonds. The van der Waals surface area contributed by atoms with Gasteiger partial charge in [0.25, 0.3) is 0 Å². The Morgan fingerprint density at radius 1 is 1.40 bits per heavy atom. The fraction of sp³-hybridized carbons (Fsp3) is 0.857. The molecule has 1 saturated carbocycles. The first-order valence-electron chi connectivity index (χ1n) is 7.44. The van der Waals surface area contributed by atoms with Crippen LogP contribution in [0, 0.1) is 0 Å². The van der Waals surface area contributed by atoms with Gasteiger partial charge in [0, 0.05) is 19.7 Å². The van der Waals surface area contributed by atoms with Crippen molar-refractivity contribution < 1.29 is 14.4 Å². The standard InChI is InChI=1S/C14H25N3O3/c1-11(19-2)14-15-13(20-16-14)10-17(8-9-18)12-6-4-3-5-7-12/h11-12,18H,3-10H2,1-2H3. The summed E-state index contributed by atoms with van der Waals surface area (Å²) in [7, 11) is 1.63. The Labute approximate surface area is 120 Å². The molecule has 20 heavy (non-hydrogen) atoms. The summed E-state index contributed by atoms with van der Waals surface area (Å²) in [6.45, 7) is 3.31. The zero-order valence-corrected chi connectivity index (χ0v) is 12.4. The van der Waals surface area contributed by atoms with Gasteiger partial charge in [0.15, 0.2) is 5.82 Å². The van der Waals surface area contributed by atoms with Gasteiger partial charge in [0.2, 0.25) is 5.89 Å². The van der Waals surface area contributed by atoms with Crippen molar-refractivity contribution in [2.45, 2.75) is 57.7 Å². The molecule has 1 aliphatic rings. The third-order valence-electron chi connectivity index (χ3n) is 4.02. The molecule has 1 fully saturated rings. The average Bonchev–Trinajstić information content (AvgIpc) is 2.95. The van der Waals surface area contributed by atoms with Gasteiger partial charge in [-0.3, -0.25) is 4.90 Å². The van der Waals surface area contributed by atoms with Crippen molar-refractivity contribution in [1.82, 2.24) is 15.0 Å². The number of hydrogen-bond donors (Lipinski definition) is 1. The van der Waals surface area contributed by atoms with Gasteiger partial charge in [0.05, 0.1) is 13.2 Å². The van der Waals surface area contributed by atoms with Crippen LogP contribution in [0.1, 0.15) is 56.8 Å². The third-order valence-corrected chi connectivity index (χ3v) is 4.02. The highest BCUT2D eigenvalue weighted by molar-refractivity contribution is 4.91. The summed E-state index contributed by atoms with van der Waals surface area (Å²) in [4.78, 5) is 6.63. The lowest BCUT2D eigenvalue weighted by Gasteiger charge is -2.32. The van der Waals surface area contributed by atoms with Gasteiger partial charge >= 0.3 is 0 Å². The Morgan fingerprint density at radius 2 is 2.15 bits per heavy atom. The first-order valence-corrected chi connectivity index (χ1v) is 7.44. The van der Waals surface area contributed by atoms with E-state index in [0.29, 0.717) is 30.8 Å². The van der Waals surface area contributed by atoms with E-state index in [2.05, 4.69) is 15.0 Å². The van der Waals surface area contributed by atoms with Gasteiger partial charge in [-0.2, -0.15) is 4.98 Å². The number of nitrogens with zero attached hydrogens (tertiary/aromatic N) is 3. The predicted octanol–water partition coefficient (Wildman–Crippen LogP) is 1.90. The molecule has 2 rings (SSSR count). The Bertz CT molecular complexity index is 391. The van der Waals surface area contributed by atoms with Crippen molar-refractivity contribution in [1.29, 1.82) is 0 Å². The molecule has 1 unspecified atom stereocenters. The average molecular weight is 283 g/mol. The van der Waals surface area contributed by atoms with Crippen LogP contribution >= 0.6 is 0 Å². The molecule has 1 aliphatic carbocycles. The van der Waals surface area contributed by atoms with Gasteiger partial charge in [-0.1, -0.05) is 24.4 Å². The minimum absolute atomic E-state index is 0.159.